The van der Waals surface area contributed by atoms with Gasteiger partial charge >= 0.3 is 0 Å². The molecular weight excluding hydrogens is 298 g/mol. The molecule has 0 saturated carbocycles. The quantitative estimate of drug-likeness (QED) is 0.881. The summed E-state index contributed by atoms with van der Waals surface area (Å²) in [5.41, 5.74) is 6.69. The van der Waals surface area contributed by atoms with Crippen LogP contribution in [-0.2, 0) is 15.6 Å². The average Bonchev–Trinajstić information content (AvgIpc) is 2.42. The molecule has 0 aliphatic carbocycles. The lowest BCUT2D eigenvalue weighted by Crippen LogP contribution is -2.07. The molecule has 0 aliphatic heterocycles. The summed E-state index contributed by atoms with van der Waals surface area (Å²) in [6.07, 6.45) is 0. The zero-order valence-electron chi connectivity index (χ0n) is 10.8. The van der Waals surface area contributed by atoms with Crippen LogP contribution in [0.15, 0.2) is 47.4 Å². The maximum atomic E-state index is 12.3. The van der Waals surface area contributed by atoms with Crippen molar-refractivity contribution >= 4 is 27.1 Å². The third-order valence-corrected chi connectivity index (χ3v) is 4.79. The fourth-order valence-corrected chi connectivity index (χ4v) is 3.34. The van der Waals surface area contributed by atoms with Crippen LogP contribution in [0, 0.1) is 0 Å². The minimum Gasteiger partial charge on any atom is -0.497 e. The van der Waals surface area contributed by atoms with E-state index in [0.717, 1.165) is 0 Å². The van der Waals surface area contributed by atoms with Crippen LogP contribution >= 0.6 is 11.6 Å². The molecule has 2 aromatic rings. The van der Waals surface area contributed by atoms with Crippen molar-refractivity contribution in [1.29, 1.82) is 0 Å². The van der Waals surface area contributed by atoms with Crippen LogP contribution in [0.25, 0.3) is 0 Å². The van der Waals surface area contributed by atoms with E-state index in [-0.39, 0.29) is 10.6 Å². The Morgan fingerprint density at radius 1 is 1.15 bits per heavy atom. The number of nitrogens with two attached hydrogens (primary N) is 1. The van der Waals surface area contributed by atoms with E-state index < -0.39 is 9.84 Å². The number of halogens is 1. The molecule has 20 heavy (non-hydrogen) atoms. The Morgan fingerprint density at radius 2 is 1.80 bits per heavy atom. The monoisotopic (exact) mass is 311 g/mol. The maximum Gasteiger partial charge on any atom is 0.182 e. The minimum absolute atomic E-state index is 0.164. The molecule has 0 heterocycles. The van der Waals surface area contributed by atoms with E-state index in [1.807, 2.05) is 0 Å². The lowest BCUT2D eigenvalue weighted by molar-refractivity contribution is 0.414. The lowest BCUT2D eigenvalue weighted by atomic mass is 10.2. The van der Waals surface area contributed by atoms with Crippen molar-refractivity contribution in [3.63, 3.8) is 0 Å². The first kappa shape index (κ1) is 14.7. The standard InChI is InChI=1S/C14H14ClNO3S/c1-19-12-4-6-13(7-5-12)20(17,18)9-10-2-3-11(15)8-14(10)16/h2-8H,9,16H2,1H3. The zero-order valence-corrected chi connectivity index (χ0v) is 12.4. The lowest BCUT2D eigenvalue weighted by Gasteiger charge is -2.08. The first-order valence-electron chi connectivity index (χ1n) is 5.83. The molecule has 0 amide bonds. The van der Waals surface area contributed by atoms with E-state index in [4.69, 9.17) is 22.1 Å². The summed E-state index contributed by atoms with van der Waals surface area (Å²) in [5.74, 6) is 0.442. The summed E-state index contributed by atoms with van der Waals surface area (Å²) < 4.78 is 29.6. The van der Waals surface area contributed by atoms with Gasteiger partial charge in [0.2, 0.25) is 0 Å². The number of ether oxygens (including phenoxy) is 1. The summed E-state index contributed by atoms with van der Waals surface area (Å²) in [7, 11) is -1.93. The van der Waals surface area contributed by atoms with Gasteiger partial charge in [0.05, 0.1) is 17.8 Å². The third-order valence-electron chi connectivity index (χ3n) is 2.87. The molecule has 0 spiro atoms. The molecule has 2 rings (SSSR count). The van der Waals surface area contributed by atoms with Gasteiger partial charge in [-0.1, -0.05) is 17.7 Å². The van der Waals surface area contributed by atoms with Crippen LogP contribution in [0.1, 0.15) is 5.56 Å². The van der Waals surface area contributed by atoms with Gasteiger partial charge in [0.25, 0.3) is 0 Å². The normalized spacial score (nSPS) is 11.3. The van der Waals surface area contributed by atoms with Gasteiger partial charge in [-0.2, -0.15) is 0 Å². The summed E-state index contributed by atoms with van der Waals surface area (Å²) >= 11 is 5.80. The molecule has 0 aromatic heterocycles. The Bertz CT molecular complexity index is 712. The van der Waals surface area contributed by atoms with Crippen LogP contribution in [0.4, 0.5) is 5.69 Å². The van der Waals surface area contributed by atoms with Crippen LogP contribution in [-0.4, -0.2) is 15.5 Å². The fraction of sp³-hybridized carbons (Fsp3) is 0.143. The van der Waals surface area contributed by atoms with Gasteiger partial charge in [-0.15, -0.1) is 0 Å². The third kappa shape index (κ3) is 3.23. The van der Waals surface area contributed by atoms with Crippen molar-refractivity contribution < 1.29 is 13.2 Å². The molecule has 106 valence electrons. The van der Waals surface area contributed by atoms with E-state index >= 15 is 0 Å². The van der Waals surface area contributed by atoms with Crippen LogP contribution in [0.5, 0.6) is 5.75 Å². The van der Waals surface area contributed by atoms with Gasteiger partial charge in [0, 0.05) is 10.7 Å². The smallest absolute Gasteiger partial charge is 0.182 e. The van der Waals surface area contributed by atoms with Crippen molar-refractivity contribution in [2.24, 2.45) is 0 Å². The van der Waals surface area contributed by atoms with Gasteiger partial charge < -0.3 is 10.5 Å². The number of hydrogen-bond acceptors (Lipinski definition) is 4. The van der Waals surface area contributed by atoms with Crippen molar-refractivity contribution in [2.75, 3.05) is 12.8 Å². The number of nitrogen functional groups attached to an aromatic ring is 1. The Hall–Kier alpha value is -1.72. The largest absolute Gasteiger partial charge is 0.497 e. The van der Waals surface area contributed by atoms with Crippen molar-refractivity contribution in [2.45, 2.75) is 10.6 Å². The number of sulfone groups is 1. The van der Waals surface area contributed by atoms with Gasteiger partial charge in [-0.3, -0.25) is 0 Å². The molecule has 0 bridgehead atoms. The molecule has 2 N–H and O–H groups in total. The SMILES string of the molecule is COc1ccc(S(=O)(=O)Cc2ccc(Cl)cc2N)cc1. The second-order valence-corrected chi connectivity index (χ2v) is 6.70. The zero-order chi connectivity index (χ0) is 14.8. The molecule has 0 fully saturated rings. The summed E-state index contributed by atoms with van der Waals surface area (Å²) in [6.45, 7) is 0. The predicted octanol–water partition coefficient (Wildman–Crippen LogP) is 2.90. The van der Waals surface area contributed by atoms with Crippen molar-refractivity contribution in [3.05, 3.63) is 53.1 Å². The number of methoxy groups -OCH3 is 1. The topological polar surface area (TPSA) is 69.4 Å². The Balaban J connectivity index is 2.30. The van der Waals surface area contributed by atoms with E-state index in [9.17, 15) is 8.42 Å². The molecule has 0 atom stereocenters. The van der Waals surface area contributed by atoms with E-state index in [2.05, 4.69) is 0 Å². The summed E-state index contributed by atoms with van der Waals surface area (Å²) in [4.78, 5) is 0.229. The number of hydrogen-bond donors (Lipinski definition) is 1. The Labute approximate surface area is 123 Å². The second kappa shape index (κ2) is 5.73. The molecule has 4 nitrogen and oxygen atoms in total. The first-order chi connectivity index (χ1) is 9.42. The van der Waals surface area contributed by atoms with Crippen LogP contribution in [0.2, 0.25) is 5.02 Å². The van der Waals surface area contributed by atoms with E-state index in [0.29, 0.717) is 22.0 Å². The van der Waals surface area contributed by atoms with Crippen molar-refractivity contribution in [1.82, 2.24) is 0 Å². The maximum absolute atomic E-state index is 12.3. The minimum atomic E-state index is -3.45. The van der Waals surface area contributed by atoms with Gasteiger partial charge in [-0.25, -0.2) is 8.42 Å². The number of anilines is 1. The van der Waals surface area contributed by atoms with E-state index in [1.165, 1.54) is 19.2 Å². The average molecular weight is 312 g/mol. The summed E-state index contributed by atoms with van der Waals surface area (Å²) in [5, 5.41) is 0.480. The molecule has 2 aromatic carbocycles. The highest BCUT2D eigenvalue weighted by atomic mass is 35.5. The number of rotatable bonds is 4. The van der Waals surface area contributed by atoms with E-state index in [1.54, 1.807) is 30.3 Å². The molecule has 0 unspecified atom stereocenters. The van der Waals surface area contributed by atoms with Gasteiger partial charge in [-0.05, 0) is 42.0 Å². The Kier molecular flexibility index (Phi) is 4.20. The van der Waals surface area contributed by atoms with Gasteiger partial charge in [0.1, 0.15) is 5.75 Å². The molecular formula is C14H14ClNO3S. The molecule has 6 heteroatoms. The van der Waals surface area contributed by atoms with Crippen LogP contribution < -0.4 is 10.5 Å². The summed E-state index contributed by atoms with van der Waals surface area (Å²) in [6, 6.07) is 11.0. The van der Waals surface area contributed by atoms with Crippen LogP contribution in [0.3, 0.4) is 0 Å². The second-order valence-electron chi connectivity index (χ2n) is 4.28. The number of benzene rings is 2. The Morgan fingerprint density at radius 3 is 2.35 bits per heavy atom. The molecule has 0 saturated heterocycles. The molecule has 0 radical (unpaired) electrons. The highest BCUT2D eigenvalue weighted by Gasteiger charge is 2.17. The highest BCUT2D eigenvalue weighted by Crippen LogP contribution is 2.24. The highest BCUT2D eigenvalue weighted by molar-refractivity contribution is 7.90. The molecule has 0 aliphatic rings. The predicted molar refractivity (Wildman–Crippen MR) is 79.7 cm³/mol. The van der Waals surface area contributed by atoms with Crippen molar-refractivity contribution in [3.8, 4) is 5.75 Å². The first-order valence-corrected chi connectivity index (χ1v) is 7.86. The van der Waals surface area contributed by atoms with Gasteiger partial charge in [0.15, 0.2) is 9.84 Å². The fourth-order valence-electron chi connectivity index (χ4n) is 1.77.